The van der Waals surface area contributed by atoms with Gasteiger partial charge in [-0.05, 0) is 67.8 Å². The molecule has 0 amide bonds. The molecule has 0 saturated heterocycles. The van der Waals surface area contributed by atoms with Crippen LogP contribution < -0.4 is 0 Å². The first-order valence-corrected chi connectivity index (χ1v) is 9.37. The van der Waals surface area contributed by atoms with Crippen LogP contribution in [0.2, 0.25) is 0 Å². The van der Waals surface area contributed by atoms with Crippen LogP contribution in [0.3, 0.4) is 0 Å². The quantitative estimate of drug-likeness (QED) is 0.232. The van der Waals surface area contributed by atoms with E-state index >= 15 is 0 Å². The molecule has 24 heavy (non-hydrogen) atoms. The van der Waals surface area contributed by atoms with Gasteiger partial charge in [0, 0.05) is 15.6 Å². The molecular weight excluding hydrogens is 375 g/mol. The standard InChI is InChI=1S/C22H16BrP/c23-21-6-3-7-22(24)19(21)13-9-15-8-10-17-12-11-16-4-1-2-5-18(16)20(17)14-15/h1-2,4-6,8,10-12,14H,3,7,24H2. The Morgan fingerprint density at radius 2 is 1.62 bits per heavy atom. The molecule has 2 heteroatoms. The molecule has 1 atom stereocenters. The normalized spacial score (nSPS) is 14.5. The number of benzene rings is 3. The van der Waals surface area contributed by atoms with Crippen LogP contribution in [0.1, 0.15) is 18.4 Å². The maximum atomic E-state index is 3.63. The molecule has 0 fully saturated rings. The summed E-state index contributed by atoms with van der Waals surface area (Å²) in [6, 6.07) is 19.3. The van der Waals surface area contributed by atoms with E-state index in [9.17, 15) is 0 Å². The van der Waals surface area contributed by atoms with Crippen molar-refractivity contribution in [2.75, 3.05) is 0 Å². The predicted octanol–water partition coefficient (Wildman–Crippen LogP) is 6.55. The Labute approximate surface area is 153 Å². The number of hydrogen-bond acceptors (Lipinski definition) is 0. The van der Waals surface area contributed by atoms with Crippen molar-refractivity contribution >= 4 is 46.7 Å². The number of fused-ring (bicyclic) bond motifs is 3. The van der Waals surface area contributed by atoms with E-state index < -0.39 is 0 Å². The molecule has 0 nitrogen and oxygen atoms in total. The second-order valence-corrected chi connectivity index (χ2v) is 7.51. The summed E-state index contributed by atoms with van der Waals surface area (Å²) in [7, 11) is 2.83. The van der Waals surface area contributed by atoms with Crippen molar-refractivity contribution in [3.8, 4) is 11.8 Å². The third kappa shape index (κ3) is 2.93. The van der Waals surface area contributed by atoms with Crippen LogP contribution in [-0.2, 0) is 0 Å². The van der Waals surface area contributed by atoms with Gasteiger partial charge in [0.1, 0.15) is 0 Å². The zero-order chi connectivity index (χ0) is 16.5. The average molecular weight is 391 g/mol. The summed E-state index contributed by atoms with van der Waals surface area (Å²) in [6.45, 7) is 0. The third-order valence-electron chi connectivity index (χ3n) is 4.38. The van der Waals surface area contributed by atoms with Crippen LogP contribution in [0.5, 0.6) is 0 Å². The van der Waals surface area contributed by atoms with E-state index in [1.54, 1.807) is 0 Å². The summed E-state index contributed by atoms with van der Waals surface area (Å²) in [4.78, 5) is 0. The van der Waals surface area contributed by atoms with Gasteiger partial charge in [-0.3, -0.25) is 0 Å². The topological polar surface area (TPSA) is 0 Å². The van der Waals surface area contributed by atoms with Gasteiger partial charge in [-0.25, -0.2) is 0 Å². The van der Waals surface area contributed by atoms with E-state index in [-0.39, 0.29) is 0 Å². The highest BCUT2D eigenvalue weighted by molar-refractivity contribution is 9.12. The Hall–Kier alpha value is -1.87. The zero-order valence-electron chi connectivity index (χ0n) is 13.1. The minimum atomic E-state index is 1.05. The molecule has 3 aromatic rings. The van der Waals surface area contributed by atoms with Crippen molar-refractivity contribution < 1.29 is 0 Å². The van der Waals surface area contributed by atoms with Gasteiger partial charge in [0.05, 0.1) is 0 Å². The molecule has 0 N–H and O–H groups in total. The molecular formula is C22H16BrP. The minimum absolute atomic E-state index is 1.05. The lowest BCUT2D eigenvalue weighted by Crippen LogP contribution is -1.91. The van der Waals surface area contributed by atoms with Crippen LogP contribution in [0.25, 0.3) is 21.5 Å². The van der Waals surface area contributed by atoms with E-state index in [0.717, 1.165) is 28.5 Å². The molecule has 4 rings (SSSR count). The maximum Gasteiger partial charge on any atom is 0.0419 e. The van der Waals surface area contributed by atoms with Crippen molar-refractivity contribution in [2.45, 2.75) is 12.8 Å². The summed E-state index contributed by atoms with van der Waals surface area (Å²) in [5.74, 6) is 6.68. The summed E-state index contributed by atoms with van der Waals surface area (Å²) in [5.41, 5.74) is 2.15. The third-order valence-corrected chi connectivity index (χ3v) is 5.67. The second-order valence-electron chi connectivity index (χ2n) is 5.96. The molecule has 0 aromatic heterocycles. The fourth-order valence-electron chi connectivity index (χ4n) is 3.09. The maximum absolute atomic E-state index is 3.63. The Morgan fingerprint density at radius 1 is 0.875 bits per heavy atom. The molecule has 1 unspecified atom stereocenters. The van der Waals surface area contributed by atoms with E-state index in [4.69, 9.17) is 0 Å². The molecule has 3 aromatic carbocycles. The number of allylic oxidation sites excluding steroid dienone is 4. The van der Waals surface area contributed by atoms with E-state index in [0.29, 0.717) is 0 Å². The smallest absolute Gasteiger partial charge is 0.0419 e. The van der Waals surface area contributed by atoms with E-state index in [1.807, 2.05) is 0 Å². The van der Waals surface area contributed by atoms with Gasteiger partial charge in [-0.1, -0.05) is 60.4 Å². The molecule has 0 radical (unpaired) electrons. The van der Waals surface area contributed by atoms with Gasteiger partial charge in [-0.2, -0.15) is 0 Å². The van der Waals surface area contributed by atoms with Gasteiger partial charge in [-0.15, -0.1) is 9.24 Å². The molecule has 0 aliphatic heterocycles. The van der Waals surface area contributed by atoms with E-state index in [1.165, 1.54) is 26.9 Å². The highest BCUT2D eigenvalue weighted by Gasteiger charge is 2.08. The number of rotatable bonds is 0. The van der Waals surface area contributed by atoms with Crippen LogP contribution in [-0.4, -0.2) is 0 Å². The van der Waals surface area contributed by atoms with Crippen LogP contribution in [0, 0.1) is 11.8 Å². The lowest BCUT2D eigenvalue weighted by atomic mass is 10.00. The van der Waals surface area contributed by atoms with Crippen molar-refractivity contribution in [2.24, 2.45) is 0 Å². The lowest BCUT2D eigenvalue weighted by Gasteiger charge is -2.10. The van der Waals surface area contributed by atoms with Gasteiger partial charge in [0.2, 0.25) is 0 Å². The summed E-state index contributed by atoms with van der Waals surface area (Å²) in [6.07, 6.45) is 4.34. The molecule has 0 saturated carbocycles. The van der Waals surface area contributed by atoms with Gasteiger partial charge < -0.3 is 0 Å². The Morgan fingerprint density at radius 3 is 2.46 bits per heavy atom. The SMILES string of the molecule is PC1=C(C#Cc2ccc3ccc4ccccc4c3c2)C(Br)=CCC1. The first-order valence-electron chi connectivity index (χ1n) is 8.00. The van der Waals surface area contributed by atoms with Gasteiger partial charge >= 0.3 is 0 Å². The first kappa shape index (κ1) is 15.6. The lowest BCUT2D eigenvalue weighted by molar-refractivity contribution is 1.01. The van der Waals surface area contributed by atoms with Gasteiger partial charge in [0.25, 0.3) is 0 Å². The fraction of sp³-hybridized carbons (Fsp3) is 0.0909. The molecule has 116 valence electrons. The molecule has 1 aliphatic rings. The monoisotopic (exact) mass is 390 g/mol. The zero-order valence-corrected chi connectivity index (χ0v) is 15.9. The van der Waals surface area contributed by atoms with E-state index in [2.05, 4.69) is 97.7 Å². The molecule has 0 spiro atoms. The van der Waals surface area contributed by atoms with Crippen LogP contribution >= 0.6 is 25.2 Å². The Kier molecular flexibility index (Phi) is 4.28. The fourth-order valence-corrected chi connectivity index (χ4v) is 4.28. The van der Waals surface area contributed by atoms with Crippen molar-refractivity contribution in [1.82, 2.24) is 0 Å². The molecule has 0 heterocycles. The molecule has 0 bridgehead atoms. The highest BCUT2D eigenvalue weighted by Crippen LogP contribution is 2.32. The average Bonchev–Trinajstić information content (AvgIpc) is 2.61. The van der Waals surface area contributed by atoms with Gasteiger partial charge in [0.15, 0.2) is 0 Å². The predicted molar refractivity (Wildman–Crippen MR) is 111 cm³/mol. The van der Waals surface area contributed by atoms with Crippen molar-refractivity contribution in [3.63, 3.8) is 0 Å². The first-order chi connectivity index (χ1) is 11.7. The Balaban J connectivity index is 1.83. The summed E-state index contributed by atoms with van der Waals surface area (Å²) >= 11 is 3.63. The summed E-state index contributed by atoms with van der Waals surface area (Å²) < 4.78 is 1.11. The minimum Gasteiger partial charge on any atom is -0.109 e. The van der Waals surface area contributed by atoms with Crippen LogP contribution in [0.15, 0.2) is 76.0 Å². The summed E-state index contributed by atoms with van der Waals surface area (Å²) in [5, 5.41) is 6.34. The van der Waals surface area contributed by atoms with Crippen molar-refractivity contribution in [3.05, 3.63) is 81.6 Å². The number of halogens is 1. The number of hydrogen-bond donors (Lipinski definition) is 0. The molecule has 1 aliphatic carbocycles. The Bertz CT molecular complexity index is 1080. The van der Waals surface area contributed by atoms with Crippen LogP contribution in [0.4, 0.5) is 0 Å². The second kappa shape index (κ2) is 6.56. The highest BCUT2D eigenvalue weighted by atomic mass is 79.9. The largest absolute Gasteiger partial charge is 0.109 e. The van der Waals surface area contributed by atoms with Crippen molar-refractivity contribution in [1.29, 1.82) is 0 Å².